The summed E-state index contributed by atoms with van der Waals surface area (Å²) in [4.78, 5) is 21.2. The first-order chi connectivity index (χ1) is 5.89. The molecule has 0 rings (SSSR count). The molecule has 0 aliphatic heterocycles. The molecule has 0 saturated carbocycles. The van der Waals surface area contributed by atoms with Crippen molar-refractivity contribution in [2.45, 2.75) is 25.8 Å². The normalized spacial score (nSPS) is 14.7. The Bertz CT molecular complexity index is 186. The molecule has 1 unspecified atom stereocenters. The molecule has 0 aromatic heterocycles. The average molecular weight is 189 g/mol. The van der Waals surface area contributed by atoms with E-state index in [0.717, 1.165) is 0 Å². The van der Waals surface area contributed by atoms with Gasteiger partial charge in [-0.1, -0.05) is 0 Å². The molecule has 0 bridgehead atoms. The third-order valence-electron chi connectivity index (χ3n) is 1.48. The van der Waals surface area contributed by atoms with Crippen LogP contribution in [0.1, 0.15) is 20.3 Å². The van der Waals surface area contributed by atoms with Gasteiger partial charge in [0.15, 0.2) is 0 Å². The van der Waals surface area contributed by atoms with Gasteiger partial charge in [-0.2, -0.15) is 0 Å². The molecule has 0 heterocycles. The number of amides is 1. The fraction of sp³-hybridized carbons (Fsp3) is 0.750. The summed E-state index contributed by atoms with van der Waals surface area (Å²) in [5, 5.41) is 11.1. The van der Waals surface area contributed by atoms with Gasteiger partial charge in [-0.25, -0.2) is 0 Å². The Morgan fingerprint density at radius 1 is 1.54 bits per heavy atom. The number of carbonyl (C=O) groups is 2. The number of carboxylic acid groups (broad SMARTS) is 1. The second-order valence-corrected chi connectivity index (χ2v) is 3.25. The lowest BCUT2D eigenvalue weighted by molar-refractivity contribution is -0.139. The Balaban J connectivity index is 4.32. The van der Waals surface area contributed by atoms with Crippen molar-refractivity contribution >= 4 is 11.9 Å². The predicted octanol–water partition coefficient (Wildman–Crippen LogP) is 0.00230. The van der Waals surface area contributed by atoms with E-state index in [1.54, 1.807) is 6.92 Å². The minimum atomic E-state index is -0.965. The number of ether oxygens (including phenoxy) is 1. The zero-order valence-electron chi connectivity index (χ0n) is 8.09. The van der Waals surface area contributed by atoms with E-state index in [0.29, 0.717) is 0 Å². The highest BCUT2D eigenvalue weighted by Gasteiger charge is 2.28. The molecular formula is C8H15NO4. The molecule has 2 N–H and O–H groups in total. The van der Waals surface area contributed by atoms with Gasteiger partial charge >= 0.3 is 5.97 Å². The minimum absolute atomic E-state index is 0.152. The molecule has 0 aromatic rings. The number of aliphatic carboxylic acids is 1. The van der Waals surface area contributed by atoms with Crippen LogP contribution < -0.4 is 5.32 Å². The van der Waals surface area contributed by atoms with Crippen LogP contribution in [0.15, 0.2) is 0 Å². The Kier molecular flexibility index (Phi) is 4.40. The van der Waals surface area contributed by atoms with Crippen molar-refractivity contribution in [1.29, 1.82) is 0 Å². The number of hydrogen-bond acceptors (Lipinski definition) is 3. The molecule has 0 aromatic carbocycles. The fourth-order valence-corrected chi connectivity index (χ4v) is 1.21. The fourth-order valence-electron chi connectivity index (χ4n) is 1.21. The zero-order chi connectivity index (χ0) is 10.5. The summed E-state index contributed by atoms with van der Waals surface area (Å²) in [6.07, 6.45) is -0.152. The van der Waals surface area contributed by atoms with Crippen molar-refractivity contribution in [3.05, 3.63) is 0 Å². The molecule has 0 fully saturated rings. The van der Waals surface area contributed by atoms with Crippen molar-refractivity contribution in [3.63, 3.8) is 0 Å². The molecule has 13 heavy (non-hydrogen) atoms. The van der Waals surface area contributed by atoms with E-state index < -0.39 is 11.5 Å². The number of carboxylic acids is 1. The van der Waals surface area contributed by atoms with Crippen LogP contribution in [0.3, 0.4) is 0 Å². The van der Waals surface area contributed by atoms with Gasteiger partial charge in [0.05, 0.1) is 18.6 Å². The number of rotatable bonds is 5. The van der Waals surface area contributed by atoms with Gasteiger partial charge in [0, 0.05) is 14.0 Å². The lowest BCUT2D eigenvalue weighted by Gasteiger charge is -2.27. The molecule has 0 aliphatic rings. The average Bonchev–Trinajstić information content (AvgIpc) is 1.81. The predicted molar refractivity (Wildman–Crippen MR) is 46.4 cm³/mol. The molecule has 1 atom stereocenters. The van der Waals surface area contributed by atoms with Crippen LogP contribution in [0.4, 0.5) is 0 Å². The minimum Gasteiger partial charge on any atom is -0.481 e. The van der Waals surface area contributed by atoms with Gasteiger partial charge in [-0.05, 0) is 6.92 Å². The maximum atomic E-state index is 10.8. The van der Waals surface area contributed by atoms with Crippen LogP contribution in [0.25, 0.3) is 0 Å². The van der Waals surface area contributed by atoms with Crippen molar-refractivity contribution in [2.75, 3.05) is 13.7 Å². The second-order valence-electron chi connectivity index (χ2n) is 3.25. The topological polar surface area (TPSA) is 75.6 Å². The number of nitrogens with one attached hydrogen (secondary N) is 1. The van der Waals surface area contributed by atoms with Crippen molar-refractivity contribution in [2.24, 2.45) is 0 Å². The summed E-state index contributed by atoms with van der Waals surface area (Å²) < 4.78 is 4.83. The van der Waals surface area contributed by atoms with Crippen LogP contribution in [0.2, 0.25) is 0 Å². The van der Waals surface area contributed by atoms with E-state index in [-0.39, 0.29) is 18.9 Å². The van der Waals surface area contributed by atoms with Crippen LogP contribution in [0, 0.1) is 0 Å². The first kappa shape index (κ1) is 11.9. The third-order valence-corrected chi connectivity index (χ3v) is 1.48. The lowest BCUT2D eigenvalue weighted by atomic mass is 9.99. The molecule has 1 amide bonds. The van der Waals surface area contributed by atoms with E-state index in [1.165, 1.54) is 14.0 Å². The Morgan fingerprint density at radius 3 is 2.38 bits per heavy atom. The van der Waals surface area contributed by atoms with Crippen LogP contribution >= 0.6 is 0 Å². The summed E-state index contributed by atoms with van der Waals surface area (Å²) in [7, 11) is 1.46. The third kappa shape index (κ3) is 5.19. The van der Waals surface area contributed by atoms with Crippen LogP contribution in [-0.2, 0) is 14.3 Å². The van der Waals surface area contributed by atoms with Crippen molar-refractivity contribution in [1.82, 2.24) is 5.32 Å². The van der Waals surface area contributed by atoms with Gasteiger partial charge in [0.2, 0.25) is 5.91 Å². The van der Waals surface area contributed by atoms with E-state index in [9.17, 15) is 9.59 Å². The van der Waals surface area contributed by atoms with Crippen LogP contribution in [0.5, 0.6) is 0 Å². The SMILES string of the molecule is COCC(C)(CC(=O)O)NC(C)=O. The highest BCUT2D eigenvalue weighted by atomic mass is 16.5. The van der Waals surface area contributed by atoms with Gasteiger partial charge in [0.25, 0.3) is 0 Å². The van der Waals surface area contributed by atoms with Gasteiger partial charge < -0.3 is 15.2 Å². The molecular weight excluding hydrogens is 174 g/mol. The molecule has 0 aliphatic carbocycles. The summed E-state index contributed by atoms with van der Waals surface area (Å²) >= 11 is 0. The van der Waals surface area contributed by atoms with E-state index in [2.05, 4.69) is 5.32 Å². The van der Waals surface area contributed by atoms with Gasteiger partial charge in [-0.3, -0.25) is 9.59 Å². The maximum absolute atomic E-state index is 10.8. The van der Waals surface area contributed by atoms with E-state index in [1.807, 2.05) is 0 Å². The molecule has 5 heteroatoms. The van der Waals surface area contributed by atoms with E-state index in [4.69, 9.17) is 9.84 Å². The Morgan fingerprint density at radius 2 is 2.08 bits per heavy atom. The largest absolute Gasteiger partial charge is 0.481 e. The summed E-state index contributed by atoms with van der Waals surface area (Å²) in [5.74, 6) is -1.23. The number of hydrogen-bond donors (Lipinski definition) is 2. The smallest absolute Gasteiger partial charge is 0.305 e. The van der Waals surface area contributed by atoms with Crippen molar-refractivity contribution in [3.8, 4) is 0 Å². The monoisotopic (exact) mass is 189 g/mol. The highest BCUT2D eigenvalue weighted by Crippen LogP contribution is 2.09. The number of methoxy groups -OCH3 is 1. The number of carbonyl (C=O) groups excluding carboxylic acids is 1. The zero-order valence-corrected chi connectivity index (χ0v) is 8.09. The van der Waals surface area contributed by atoms with E-state index >= 15 is 0 Å². The first-order valence-corrected chi connectivity index (χ1v) is 3.89. The second kappa shape index (κ2) is 4.81. The highest BCUT2D eigenvalue weighted by molar-refractivity contribution is 5.75. The molecule has 5 nitrogen and oxygen atoms in total. The Hall–Kier alpha value is -1.10. The first-order valence-electron chi connectivity index (χ1n) is 3.89. The molecule has 0 spiro atoms. The summed E-state index contributed by atoms with van der Waals surface area (Å²) in [6, 6.07) is 0. The quantitative estimate of drug-likeness (QED) is 0.638. The summed E-state index contributed by atoms with van der Waals surface area (Å²) in [6.45, 7) is 3.15. The van der Waals surface area contributed by atoms with Gasteiger partial charge in [0.1, 0.15) is 0 Å². The summed E-state index contributed by atoms with van der Waals surface area (Å²) in [5.41, 5.74) is -0.827. The Labute approximate surface area is 77.1 Å². The molecule has 0 saturated heterocycles. The molecule has 0 radical (unpaired) electrons. The molecule has 76 valence electrons. The standard InChI is InChI=1S/C8H15NO4/c1-6(10)9-8(2,5-13-3)4-7(11)12/h4-5H2,1-3H3,(H,9,10)(H,11,12). The lowest BCUT2D eigenvalue weighted by Crippen LogP contribution is -2.49. The van der Waals surface area contributed by atoms with Crippen molar-refractivity contribution < 1.29 is 19.4 Å². The maximum Gasteiger partial charge on any atom is 0.305 e. The van der Waals surface area contributed by atoms with Gasteiger partial charge in [-0.15, -0.1) is 0 Å². The van der Waals surface area contributed by atoms with Crippen LogP contribution in [-0.4, -0.2) is 36.2 Å².